The average molecular weight is 211 g/mol. The molecule has 0 unspecified atom stereocenters. The van der Waals surface area contributed by atoms with Gasteiger partial charge in [0.1, 0.15) is 0 Å². The molecule has 0 rings (SSSR count). The summed E-state index contributed by atoms with van der Waals surface area (Å²) in [6.45, 7) is 0.993. The van der Waals surface area contributed by atoms with E-state index < -0.39 is 8.80 Å². The first-order valence-corrected chi connectivity index (χ1v) is 3.51. The molecule has 8 heavy (non-hydrogen) atoms. The van der Waals surface area contributed by atoms with E-state index in [-0.39, 0.29) is 154 Å². The molecule has 0 aliphatic carbocycles. The Labute approximate surface area is 178 Å². The summed E-state index contributed by atoms with van der Waals surface area (Å²) in [4.78, 5) is 23.3. The molecule has 0 aliphatic rings. The Kier molecular flexibility index (Phi) is 34.7. The second-order valence-electron chi connectivity index (χ2n) is 0.971. The summed E-state index contributed by atoms with van der Waals surface area (Å²) in [7, 11) is -3.61. The molecule has 0 bridgehead atoms. The van der Waals surface area contributed by atoms with Crippen LogP contribution in [0, 0.1) is 0 Å². The fraction of sp³-hybridized carbons (Fsp3) is 1.00. The first kappa shape index (κ1) is 23.1. The van der Waals surface area contributed by atoms with Crippen molar-refractivity contribution in [2.75, 3.05) is 0 Å². The molecular formula is CH6K3O3Si. The van der Waals surface area contributed by atoms with E-state index in [0.717, 1.165) is 6.55 Å². The Bertz CT molecular complexity index is 30.0. The zero-order valence-electron chi connectivity index (χ0n) is 5.84. The van der Waals surface area contributed by atoms with Gasteiger partial charge in [-0.25, -0.2) is 0 Å². The van der Waals surface area contributed by atoms with E-state index in [1.54, 1.807) is 0 Å². The molecule has 7 heteroatoms. The summed E-state index contributed by atoms with van der Waals surface area (Å²) in [5.41, 5.74) is 0. The van der Waals surface area contributed by atoms with E-state index in [4.69, 9.17) is 14.4 Å². The molecule has 0 aromatic heterocycles. The van der Waals surface area contributed by atoms with E-state index in [0.29, 0.717) is 0 Å². The summed E-state index contributed by atoms with van der Waals surface area (Å²) in [6.07, 6.45) is 0. The Hall–Kier alpha value is 5.01. The Morgan fingerprint density at radius 1 is 0.875 bits per heavy atom. The normalized spacial score (nSPS) is 7.50. The van der Waals surface area contributed by atoms with E-state index in [2.05, 4.69) is 0 Å². The topological polar surface area (TPSA) is 60.7 Å². The molecule has 0 atom stereocenters. The van der Waals surface area contributed by atoms with Crippen LogP contribution in [0.15, 0.2) is 0 Å². The van der Waals surface area contributed by atoms with Crippen LogP contribution in [-0.2, 0) is 0 Å². The summed E-state index contributed by atoms with van der Waals surface area (Å²) in [5, 5.41) is 0. The Morgan fingerprint density at radius 3 is 0.875 bits per heavy atom. The maximum atomic E-state index is 7.77. The van der Waals surface area contributed by atoms with Crippen molar-refractivity contribution in [3.8, 4) is 0 Å². The average Bonchev–Trinajstić information content (AvgIpc) is 0.722. The van der Waals surface area contributed by atoms with Crippen molar-refractivity contribution >= 4 is 163 Å². The van der Waals surface area contributed by atoms with E-state index in [1.165, 1.54) is 0 Å². The predicted octanol–water partition coefficient (Wildman–Crippen LogP) is -2.61. The molecule has 3 nitrogen and oxygen atoms in total. The van der Waals surface area contributed by atoms with Crippen LogP contribution < -0.4 is 0 Å². The van der Waals surface area contributed by atoms with Gasteiger partial charge >= 0.3 is 8.80 Å². The molecule has 3 N–H and O–H groups in total. The molecule has 0 fully saturated rings. The molecule has 0 amide bonds. The van der Waals surface area contributed by atoms with Gasteiger partial charge < -0.3 is 14.4 Å². The molecule has 0 aliphatic heterocycles. The van der Waals surface area contributed by atoms with Gasteiger partial charge in [-0.1, -0.05) is 0 Å². The van der Waals surface area contributed by atoms with Crippen LogP contribution >= 0.6 is 0 Å². The van der Waals surface area contributed by atoms with Crippen molar-refractivity contribution < 1.29 is 14.4 Å². The van der Waals surface area contributed by atoms with Crippen LogP contribution in [0.25, 0.3) is 0 Å². The number of hydrogen-bond acceptors (Lipinski definition) is 3. The van der Waals surface area contributed by atoms with Gasteiger partial charge in [0.05, 0.1) is 0 Å². The third kappa shape index (κ3) is 44.0. The Morgan fingerprint density at radius 2 is 0.875 bits per heavy atom. The van der Waals surface area contributed by atoms with E-state index in [1.807, 2.05) is 0 Å². The number of rotatable bonds is 0. The molecule has 0 aromatic carbocycles. The van der Waals surface area contributed by atoms with Gasteiger partial charge in [0.15, 0.2) is 0 Å². The summed E-state index contributed by atoms with van der Waals surface area (Å²) < 4.78 is 0. The second kappa shape index (κ2) is 12.0. The fourth-order valence-corrected chi connectivity index (χ4v) is 0. The number of hydrogen-bond donors (Lipinski definition) is 3. The van der Waals surface area contributed by atoms with Gasteiger partial charge in [-0.05, 0) is 0 Å². The molecule has 0 saturated heterocycles. The molecular weight excluding hydrogens is 205 g/mol. The van der Waals surface area contributed by atoms with E-state index in [9.17, 15) is 0 Å². The third-order valence-electron chi connectivity index (χ3n) is 0. The van der Waals surface area contributed by atoms with Gasteiger partial charge in [-0.3, -0.25) is 0 Å². The van der Waals surface area contributed by atoms with Crippen molar-refractivity contribution in [1.82, 2.24) is 0 Å². The maximum absolute atomic E-state index is 7.77. The first-order chi connectivity index (χ1) is 2.00. The fourth-order valence-electron chi connectivity index (χ4n) is 0. The minimum atomic E-state index is -3.61. The molecule has 0 spiro atoms. The standard InChI is InChI=1S/CH6O3Si.3K/c1-5(2,3)4;;;/h2-4H,1H3;;;. The van der Waals surface area contributed by atoms with Gasteiger partial charge in [0.25, 0.3) is 0 Å². The van der Waals surface area contributed by atoms with Crippen LogP contribution in [-0.4, -0.2) is 177 Å². The van der Waals surface area contributed by atoms with Gasteiger partial charge in [-0.15, -0.1) is 0 Å². The molecule has 35 valence electrons. The van der Waals surface area contributed by atoms with Crippen molar-refractivity contribution in [2.45, 2.75) is 6.55 Å². The van der Waals surface area contributed by atoms with Crippen molar-refractivity contribution in [3.05, 3.63) is 0 Å². The molecule has 0 heterocycles. The summed E-state index contributed by atoms with van der Waals surface area (Å²) >= 11 is 0. The zero-order chi connectivity index (χ0) is 4.50. The minimum absolute atomic E-state index is 0. The maximum Gasteiger partial charge on any atom is 0.489 e. The minimum Gasteiger partial charge on any atom is -0.390 e. The van der Waals surface area contributed by atoms with Crippen molar-refractivity contribution in [1.29, 1.82) is 0 Å². The first-order valence-electron chi connectivity index (χ1n) is 1.17. The van der Waals surface area contributed by atoms with Gasteiger partial charge in [0, 0.05) is 161 Å². The van der Waals surface area contributed by atoms with Crippen molar-refractivity contribution in [3.63, 3.8) is 0 Å². The SMILES string of the molecule is C[Si](O)(O)O.[K].[K].[K]. The zero-order valence-corrected chi connectivity index (χ0v) is 16.2. The van der Waals surface area contributed by atoms with Crippen LogP contribution in [0.3, 0.4) is 0 Å². The predicted molar refractivity (Wildman–Crippen MR) is 35.5 cm³/mol. The summed E-state index contributed by atoms with van der Waals surface area (Å²) in [6, 6.07) is 0. The largest absolute Gasteiger partial charge is 0.489 e. The Balaban J connectivity index is -0.0000000267. The monoisotopic (exact) mass is 211 g/mol. The molecule has 0 saturated carbocycles. The van der Waals surface area contributed by atoms with Crippen LogP contribution in [0.1, 0.15) is 0 Å². The van der Waals surface area contributed by atoms with E-state index >= 15 is 0 Å². The molecule has 3 radical (unpaired) electrons. The van der Waals surface area contributed by atoms with Gasteiger partial charge in [0.2, 0.25) is 0 Å². The van der Waals surface area contributed by atoms with Gasteiger partial charge in [-0.2, -0.15) is 0 Å². The van der Waals surface area contributed by atoms with Crippen molar-refractivity contribution in [2.24, 2.45) is 0 Å². The third-order valence-corrected chi connectivity index (χ3v) is 0. The van der Waals surface area contributed by atoms with Crippen LogP contribution in [0.5, 0.6) is 0 Å². The molecule has 0 aromatic rings. The smallest absolute Gasteiger partial charge is 0.390 e. The second-order valence-corrected chi connectivity index (χ2v) is 2.91. The quantitative estimate of drug-likeness (QED) is 0.385. The van der Waals surface area contributed by atoms with Crippen LogP contribution in [0.4, 0.5) is 0 Å². The summed E-state index contributed by atoms with van der Waals surface area (Å²) in [5.74, 6) is 0. The van der Waals surface area contributed by atoms with Crippen LogP contribution in [0.2, 0.25) is 6.55 Å².